The quantitative estimate of drug-likeness (QED) is 0.822. The number of amides is 3. The Morgan fingerprint density at radius 3 is 2.64 bits per heavy atom. The van der Waals surface area contributed by atoms with E-state index < -0.39 is 0 Å². The van der Waals surface area contributed by atoms with Gasteiger partial charge < -0.3 is 15.5 Å². The summed E-state index contributed by atoms with van der Waals surface area (Å²) in [4.78, 5) is 26.9. The van der Waals surface area contributed by atoms with Crippen LogP contribution in [0.5, 0.6) is 0 Å². The second-order valence-electron chi connectivity index (χ2n) is 5.68. The number of anilines is 2. The van der Waals surface area contributed by atoms with Gasteiger partial charge in [-0.05, 0) is 42.7 Å². The second-order valence-corrected chi connectivity index (χ2v) is 6.53. The number of benzene rings is 2. The highest BCUT2D eigenvalue weighted by Gasteiger charge is 2.31. The number of nitrogens with zero attached hydrogens (tertiary/aromatic N) is 1. The van der Waals surface area contributed by atoms with Crippen molar-refractivity contribution in [2.45, 2.75) is 17.4 Å². The van der Waals surface area contributed by atoms with E-state index in [0.717, 1.165) is 10.6 Å². The number of carbonyl (C=O) groups excluding carboxylic acids is 2. The molecule has 3 rings (SSSR count). The predicted octanol–water partition coefficient (Wildman–Crippen LogP) is 3.47. The summed E-state index contributed by atoms with van der Waals surface area (Å²) < 4.78 is 13.0. The zero-order chi connectivity index (χ0) is 17.8. The summed E-state index contributed by atoms with van der Waals surface area (Å²) in [6.45, 7) is 0.363. The lowest BCUT2D eigenvalue weighted by atomic mass is 10.2. The molecule has 1 fully saturated rings. The van der Waals surface area contributed by atoms with Crippen molar-refractivity contribution in [3.8, 4) is 0 Å². The first-order valence-corrected chi connectivity index (χ1v) is 9.06. The van der Waals surface area contributed by atoms with Crippen molar-refractivity contribution in [2.75, 3.05) is 23.0 Å². The summed E-state index contributed by atoms with van der Waals surface area (Å²) >= 11 is 1.54. The van der Waals surface area contributed by atoms with Crippen molar-refractivity contribution >= 4 is 35.1 Å². The standard InChI is InChI=1S/C18H18FN3O2S/c1-25-16-5-3-2-4-15(16)21-18(24)20-13-10-17(23)22(11-13)14-8-6-12(19)7-9-14/h2-9,13H,10-11H2,1H3,(H2,20,21,24)/t13-/m1/s1. The summed E-state index contributed by atoms with van der Waals surface area (Å²) in [7, 11) is 0. The summed E-state index contributed by atoms with van der Waals surface area (Å²) in [5.41, 5.74) is 1.36. The lowest BCUT2D eigenvalue weighted by Gasteiger charge is -2.17. The molecule has 25 heavy (non-hydrogen) atoms. The van der Waals surface area contributed by atoms with Gasteiger partial charge in [-0.15, -0.1) is 11.8 Å². The third-order valence-corrected chi connectivity index (χ3v) is 4.75. The van der Waals surface area contributed by atoms with Crippen LogP contribution in [-0.4, -0.2) is 30.8 Å². The van der Waals surface area contributed by atoms with E-state index in [0.29, 0.717) is 12.2 Å². The minimum Gasteiger partial charge on any atom is -0.333 e. The molecular weight excluding hydrogens is 341 g/mol. The lowest BCUT2D eigenvalue weighted by molar-refractivity contribution is -0.117. The monoisotopic (exact) mass is 359 g/mol. The van der Waals surface area contributed by atoms with E-state index in [4.69, 9.17) is 0 Å². The molecule has 3 amide bonds. The Kier molecular flexibility index (Phi) is 5.23. The third kappa shape index (κ3) is 4.11. The molecule has 1 saturated heterocycles. The van der Waals surface area contributed by atoms with Gasteiger partial charge in [-0.25, -0.2) is 9.18 Å². The molecule has 0 bridgehead atoms. The first-order chi connectivity index (χ1) is 12.1. The second kappa shape index (κ2) is 7.57. The van der Waals surface area contributed by atoms with Gasteiger partial charge in [-0.3, -0.25) is 4.79 Å². The average molecular weight is 359 g/mol. The van der Waals surface area contributed by atoms with E-state index >= 15 is 0 Å². The van der Waals surface area contributed by atoms with Gasteiger partial charge in [0.15, 0.2) is 0 Å². The fourth-order valence-electron chi connectivity index (χ4n) is 2.77. The number of nitrogens with one attached hydrogen (secondary N) is 2. The number of urea groups is 1. The first-order valence-electron chi connectivity index (χ1n) is 7.83. The molecule has 130 valence electrons. The molecule has 0 spiro atoms. The molecule has 1 aliphatic rings. The fourth-order valence-corrected chi connectivity index (χ4v) is 3.32. The van der Waals surface area contributed by atoms with Crippen molar-refractivity contribution in [2.24, 2.45) is 0 Å². The highest BCUT2D eigenvalue weighted by Crippen LogP contribution is 2.25. The fraction of sp³-hybridized carbons (Fsp3) is 0.222. The van der Waals surface area contributed by atoms with Crippen LogP contribution < -0.4 is 15.5 Å². The van der Waals surface area contributed by atoms with Crippen LogP contribution >= 0.6 is 11.8 Å². The van der Waals surface area contributed by atoms with Gasteiger partial charge in [0, 0.05) is 23.5 Å². The molecule has 5 nitrogen and oxygen atoms in total. The van der Waals surface area contributed by atoms with Gasteiger partial charge in [0.05, 0.1) is 11.7 Å². The van der Waals surface area contributed by atoms with E-state index in [1.807, 2.05) is 30.5 Å². The zero-order valence-corrected chi connectivity index (χ0v) is 14.5. The molecular formula is C18H18FN3O2S. The molecule has 1 heterocycles. The summed E-state index contributed by atoms with van der Waals surface area (Å²) in [6, 6.07) is 12.6. The maximum Gasteiger partial charge on any atom is 0.319 e. The number of hydrogen-bond donors (Lipinski definition) is 2. The van der Waals surface area contributed by atoms with Crippen LogP contribution in [-0.2, 0) is 4.79 Å². The number of carbonyl (C=O) groups is 2. The Bertz CT molecular complexity index is 782. The van der Waals surface area contributed by atoms with Crippen LogP contribution in [0.3, 0.4) is 0 Å². The maximum atomic E-state index is 13.0. The van der Waals surface area contributed by atoms with Gasteiger partial charge in [0.2, 0.25) is 5.91 Å². The Balaban J connectivity index is 1.61. The molecule has 1 atom stereocenters. The normalized spacial score (nSPS) is 16.8. The molecule has 2 N–H and O–H groups in total. The number of hydrogen-bond acceptors (Lipinski definition) is 3. The van der Waals surface area contributed by atoms with Gasteiger partial charge in [0.25, 0.3) is 0 Å². The van der Waals surface area contributed by atoms with E-state index in [1.54, 1.807) is 28.8 Å². The molecule has 2 aromatic rings. The van der Waals surface area contributed by atoms with E-state index in [9.17, 15) is 14.0 Å². The Labute approximate surface area is 149 Å². The minimum absolute atomic E-state index is 0.0959. The van der Waals surface area contributed by atoms with Crippen LogP contribution in [0, 0.1) is 5.82 Å². The number of halogens is 1. The molecule has 1 aliphatic heterocycles. The average Bonchev–Trinajstić information content (AvgIpc) is 2.96. The van der Waals surface area contributed by atoms with Gasteiger partial charge in [-0.1, -0.05) is 12.1 Å². The Hall–Kier alpha value is -2.54. The van der Waals surface area contributed by atoms with Crippen LogP contribution in [0.25, 0.3) is 0 Å². The van der Waals surface area contributed by atoms with E-state index in [-0.39, 0.29) is 30.2 Å². The first kappa shape index (κ1) is 17.3. The minimum atomic E-state index is -0.350. The zero-order valence-electron chi connectivity index (χ0n) is 13.7. The van der Waals surface area contributed by atoms with Crippen LogP contribution in [0.15, 0.2) is 53.4 Å². The highest BCUT2D eigenvalue weighted by molar-refractivity contribution is 7.98. The lowest BCUT2D eigenvalue weighted by Crippen LogP contribution is -2.39. The largest absolute Gasteiger partial charge is 0.333 e. The van der Waals surface area contributed by atoms with Crippen molar-refractivity contribution in [1.82, 2.24) is 5.32 Å². The van der Waals surface area contributed by atoms with Crippen molar-refractivity contribution < 1.29 is 14.0 Å². The van der Waals surface area contributed by atoms with Crippen molar-refractivity contribution in [1.29, 1.82) is 0 Å². The summed E-state index contributed by atoms with van der Waals surface area (Å²) in [6.07, 6.45) is 2.16. The molecule has 7 heteroatoms. The van der Waals surface area contributed by atoms with Crippen LogP contribution in [0.4, 0.5) is 20.6 Å². The van der Waals surface area contributed by atoms with Crippen LogP contribution in [0.1, 0.15) is 6.42 Å². The number of rotatable bonds is 4. The SMILES string of the molecule is CSc1ccccc1NC(=O)N[C@@H]1CC(=O)N(c2ccc(F)cc2)C1. The van der Waals surface area contributed by atoms with E-state index in [2.05, 4.69) is 10.6 Å². The highest BCUT2D eigenvalue weighted by atomic mass is 32.2. The Morgan fingerprint density at radius 2 is 1.92 bits per heavy atom. The number of para-hydroxylation sites is 1. The number of thioether (sulfide) groups is 1. The van der Waals surface area contributed by atoms with Crippen LogP contribution in [0.2, 0.25) is 0 Å². The molecule has 0 unspecified atom stereocenters. The smallest absolute Gasteiger partial charge is 0.319 e. The maximum absolute atomic E-state index is 13.0. The van der Waals surface area contributed by atoms with Gasteiger partial charge in [0.1, 0.15) is 5.82 Å². The summed E-state index contributed by atoms with van der Waals surface area (Å²) in [5.74, 6) is -0.446. The van der Waals surface area contributed by atoms with Crippen molar-refractivity contribution in [3.05, 3.63) is 54.3 Å². The molecule has 0 aromatic heterocycles. The molecule has 0 aliphatic carbocycles. The molecule has 0 radical (unpaired) electrons. The summed E-state index contributed by atoms with van der Waals surface area (Å²) in [5, 5.41) is 5.64. The molecule has 0 saturated carbocycles. The topological polar surface area (TPSA) is 61.4 Å². The third-order valence-electron chi connectivity index (χ3n) is 3.95. The predicted molar refractivity (Wildman–Crippen MR) is 97.5 cm³/mol. The van der Waals surface area contributed by atoms with Gasteiger partial charge in [-0.2, -0.15) is 0 Å². The van der Waals surface area contributed by atoms with E-state index in [1.165, 1.54) is 12.1 Å². The van der Waals surface area contributed by atoms with Gasteiger partial charge >= 0.3 is 6.03 Å². The Morgan fingerprint density at radius 1 is 1.20 bits per heavy atom. The molecule has 2 aromatic carbocycles. The van der Waals surface area contributed by atoms with Crippen molar-refractivity contribution in [3.63, 3.8) is 0 Å².